The molecule has 21 heavy (non-hydrogen) atoms. The molecule has 0 atom stereocenters. The van der Waals surface area contributed by atoms with Crippen molar-refractivity contribution in [2.45, 2.75) is 13.5 Å². The minimum atomic E-state index is 0.191. The van der Waals surface area contributed by atoms with E-state index in [0.29, 0.717) is 11.3 Å². The first-order chi connectivity index (χ1) is 10.3. The maximum Gasteiger partial charge on any atom is 0.181 e. The predicted molar refractivity (Wildman–Crippen MR) is 77.9 cm³/mol. The van der Waals surface area contributed by atoms with Gasteiger partial charge in [-0.15, -0.1) is 0 Å². The summed E-state index contributed by atoms with van der Waals surface area (Å²) < 4.78 is 7.30. The molecule has 1 aromatic carbocycles. The van der Waals surface area contributed by atoms with Gasteiger partial charge in [-0.1, -0.05) is 17.3 Å². The fraction of sp³-hybridized carbons (Fsp3) is 0.133. The molecule has 3 heterocycles. The molecule has 0 fully saturated rings. The highest BCUT2D eigenvalue weighted by molar-refractivity contribution is 6.05. The van der Waals surface area contributed by atoms with E-state index in [1.54, 1.807) is 30.6 Å². The van der Waals surface area contributed by atoms with Gasteiger partial charge >= 0.3 is 0 Å². The zero-order chi connectivity index (χ0) is 14.4. The van der Waals surface area contributed by atoms with Gasteiger partial charge in [0.2, 0.25) is 0 Å². The van der Waals surface area contributed by atoms with Crippen LogP contribution in [0.15, 0.2) is 41.2 Å². The van der Waals surface area contributed by atoms with Crippen LogP contribution in [0, 0.1) is 0 Å². The van der Waals surface area contributed by atoms with Crippen molar-refractivity contribution in [1.29, 1.82) is 0 Å². The molecule has 0 radical (unpaired) electrons. The third-order valence-corrected chi connectivity index (χ3v) is 3.52. The summed E-state index contributed by atoms with van der Waals surface area (Å²) in [7, 11) is 0. The highest BCUT2D eigenvalue weighted by Crippen LogP contribution is 2.32. The minimum absolute atomic E-state index is 0.191. The van der Waals surface area contributed by atoms with Crippen molar-refractivity contribution in [3.8, 4) is 17.0 Å². The zero-order valence-corrected chi connectivity index (χ0v) is 11.3. The van der Waals surface area contributed by atoms with Crippen molar-refractivity contribution in [3.63, 3.8) is 0 Å². The van der Waals surface area contributed by atoms with Gasteiger partial charge in [0.1, 0.15) is 11.4 Å². The summed E-state index contributed by atoms with van der Waals surface area (Å²) in [4.78, 5) is 4.46. The summed E-state index contributed by atoms with van der Waals surface area (Å²) >= 11 is 0. The van der Waals surface area contributed by atoms with Gasteiger partial charge in [-0.2, -0.15) is 5.10 Å². The van der Waals surface area contributed by atoms with Crippen molar-refractivity contribution >= 4 is 22.0 Å². The Bertz CT molecular complexity index is 955. The van der Waals surface area contributed by atoms with Crippen molar-refractivity contribution in [3.05, 3.63) is 36.7 Å². The Morgan fingerprint density at radius 3 is 2.95 bits per heavy atom. The standard InChI is InChI=1S/C15H12N4O2/c1-2-19-15-12(8-17-19)14-11(7-16-15)13(18-21-14)9-4-3-5-10(20)6-9/h3-8,20H,2H2,1H3. The second-order valence-electron chi connectivity index (χ2n) is 4.78. The van der Waals surface area contributed by atoms with Gasteiger partial charge in [0.15, 0.2) is 11.2 Å². The molecule has 3 aromatic heterocycles. The second kappa shape index (κ2) is 4.31. The van der Waals surface area contributed by atoms with Crippen LogP contribution in [0.3, 0.4) is 0 Å². The summed E-state index contributed by atoms with van der Waals surface area (Å²) in [5.41, 5.74) is 2.90. The molecule has 0 amide bonds. The molecule has 0 aliphatic heterocycles. The zero-order valence-electron chi connectivity index (χ0n) is 11.3. The Labute approximate surface area is 119 Å². The van der Waals surface area contributed by atoms with Crippen LogP contribution < -0.4 is 0 Å². The molecule has 6 heteroatoms. The van der Waals surface area contributed by atoms with E-state index < -0.39 is 0 Å². The Hall–Kier alpha value is -2.89. The highest BCUT2D eigenvalue weighted by Gasteiger charge is 2.16. The lowest BCUT2D eigenvalue weighted by Crippen LogP contribution is -1.96. The van der Waals surface area contributed by atoms with E-state index in [2.05, 4.69) is 15.2 Å². The van der Waals surface area contributed by atoms with Gasteiger partial charge in [0.25, 0.3) is 0 Å². The van der Waals surface area contributed by atoms with E-state index >= 15 is 0 Å². The van der Waals surface area contributed by atoms with Gasteiger partial charge in [-0.3, -0.25) is 0 Å². The van der Waals surface area contributed by atoms with E-state index in [0.717, 1.165) is 28.5 Å². The Kier molecular flexibility index (Phi) is 2.44. The van der Waals surface area contributed by atoms with Crippen LogP contribution >= 0.6 is 0 Å². The first-order valence-electron chi connectivity index (χ1n) is 6.67. The minimum Gasteiger partial charge on any atom is -0.508 e. The molecule has 6 nitrogen and oxygen atoms in total. The van der Waals surface area contributed by atoms with Gasteiger partial charge < -0.3 is 9.63 Å². The summed E-state index contributed by atoms with van der Waals surface area (Å²) in [5.74, 6) is 0.191. The average Bonchev–Trinajstić information content (AvgIpc) is 3.10. The molecule has 0 aliphatic rings. The number of phenols is 1. The number of aromatic nitrogens is 4. The Balaban J connectivity index is 2.01. The van der Waals surface area contributed by atoms with E-state index in [1.165, 1.54) is 0 Å². The quantitative estimate of drug-likeness (QED) is 0.611. The molecule has 4 rings (SSSR count). The lowest BCUT2D eigenvalue weighted by Gasteiger charge is -1.99. The predicted octanol–water partition coefficient (Wildman–Crippen LogP) is 2.97. The maximum absolute atomic E-state index is 9.60. The monoisotopic (exact) mass is 280 g/mol. The topological polar surface area (TPSA) is 77.0 Å². The fourth-order valence-corrected chi connectivity index (χ4v) is 2.50. The normalized spacial score (nSPS) is 11.5. The van der Waals surface area contributed by atoms with Crippen LogP contribution in [0.4, 0.5) is 0 Å². The number of fused-ring (bicyclic) bond motifs is 3. The summed E-state index contributed by atoms with van der Waals surface area (Å²) in [5, 5.41) is 19.7. The molecule has 0 unspecified atom stereocenters. The van der Waals surface area contributed by atoms with Gasteiger partial charge in [-0.05, 0) is 19.1 Å². The molecule has 0 saturated heterocycles. The van der Waals surface area contributed by atoms with Crippen LogP contribution in [-0.2, 0) is 6.54 Å². The first kappa shape index (κ1) is 11.9. The third kappa shape index (κ3) is 1.69. The molecular weight excluding hydrogens is 268 g/mol. The molecule has 4 aromatic rings. The van der Waals surface area contributed by atoms with Crippen molar-refractivity contribution in [1.82, 2.24) is 19.9 Å². The Morgan fingerprint density at radius 2 is 2.14 bits per heavy atom. The van der Waals surface area contributed by atoms with Crippen LogP contribution in [-0.4, -0.2) is 25.0 Å². The summed E-state index contributed by atoms with van der Waals surface area (Å²) in [6, 6.07) is 6.91. The molecule has 0 saturated carbocycles. The molecule has 0 bridgehead atoms. The first-order valence-corrected chi connectivity index (χ1v) is 6.67. The number of nitrogens with zero attached hydrogens (tertiary/aromatic N) is 4. The third-order valence-electron chi connectivity index (χ3n) is 3.52. The van der Waals surface area contributed by atoms with Crippen LogP contribution in [0.5, 0.6) is 5.75 Å². The average molecular weight is 280 g/mol. The van der Waals surface area contributed by atoms with Crippen molar-refractivity contribution < 1.29 is 9.63 Å². The van der Waals surface area contributed by atoms with Crippen molar-refractivity contribution in [2.24, 2.45) is 0 Å². The fourth-order valence-electron chi connectivity index (χ4n) is 2.50. The molecule has 1 N–H and O–H groups in total. The number of aromatic hydroxyl groups is 1. The van der Waals surface area contributed by atoms with E-state index in [9.17, 15) is 5.11 Å². The molecular formula is C15H12N4O2. The van der Waals surface area contributed by atoms with Crippen LogP contribution in [0.1, 0.15) is 6.92 Å². The smallest absolute Gasteiger partial charge is 0.181 e. The largest absolute Gasteiger partial charge is 0.508 e. The van der Waals surface area contributed by atoms with Gasteiger partial charge in [0.05, 0.1) is 17.0 Å². The maximum atomic E-state index is 9.60. The number of rotatable bonds is 2. The number of benzene rings is 1. The summed E-state index contributed by atoms with van der Waals surface area (Å²) in [6.45, 7) is 2.76. The number of hydrogen-bond donors (Lipinski definition) is 1. The lowest BCUT2D eigenvalue weighted by molar-refractivity contribution is 0.461. The van der Waals surface area contributed by atoms with Crippen molar-refractivity contribution in [2.75, 3.05) is 0 Å². The molecule has 0 spiro atoms. The Morgan fingerprint density at radius 1 is 1.24 bits per heavy atom. The van der Waals surface area contributed by atoms with E-state index in [-0.39, 0.29) is 5.75 Å². The number of hydrogen-bond acceptors (Lipinski definition) is 5. The van der Waals surface area contributed by atoms with E-state index in [1.807, 2.05) is 17.7 Å². The molecule has 104 valence electrons. The van der Waals surface area contributed by atoms with Crippen LogP contribution in [0.25, 0.3) is 33.3 Å². The van der Waals surface area contributed by atoms with Crippen LogP contribution in [0.2, 0.25) is 0 Å². The van der Waals surface area contributed by atoms with E-state index in [4.69, 9.17) is 4.52 Å². The van der Waals surface area contributed by atoms with Gasteiger partial charge in [-0.25, -0.2) is 9.67 Å². The number of phenolic OH excluding ortho intramolecular Hbond substituents is 1. The SMILES string of the molecule is CCn1ncc2c3onc(-c4cccc(O)c4)c3cnc21. The van der Waals surface area contributed by atoms with Gasteiger partial charge in [0, 0.05) is 18.3 Å². The lowest BCUT2D eigenvalue weighted by atomic mass is 10.1. The second-order valence-corrected chi connectivity index (χ2v) is 4.78. The highest BCUT2D eigenvalue weighted by atomic mass is 16.5. The number of pyridine rings is 1. The molecule has 0 aliphatic carbocycles. The number of aryl methyl sites for hydroxylation is 1. The summed E-state index contributed by atoms with van der Waals surface area (Å²) in [6.07, 6.45) is 3.48.